The van der Waals surface area contributed by atoms with Crippen molar-refractivity contribution < 1.29 is 19.5 Å². The second kappa shape index (κ2) is 13.0. The zero-order valence-electron chi connectivity index (χ0n) is 20.9. The molecule has 38 heavy (non-hydrogen) atoms. The molecule has 1 amide bonds. The Hall–Kier alpha value is -3.22. The van der Waals surface area contributed by atoms with E-state index in [1.54, 1.807) is 18.2 Å². The number of benzene rings is 2. The van der Waals surface area contributed by atoms with Crippen LogP contribution in [0.3, 0.4) is 0 Å². The standard InChI is InChI=1S/C30H30Cl2N2O4/c31-24-5-3-6-25(32)28(24)29(36)34-26(30(37)38)17-20-7-9-21(10-8-20)18-27(35)22-13-11-19(12-14-22)16-23-4-1-2-15-33-23/h1-10,15,19,22,26H,11-14,16-18H2,(H,34,36)(H,37,38)/t19?,22?,26-/m0/s1. The number of rotatable bonds is 10. The van der Waals surface area contributed by atoms with Crippen molar-refractivity contribution in [3.63, 3.8) is 0 Å². The third-order valence-corrected chi connectivity index (χ3v) is 7.79. The van der Waals surface area contributed by atoms with Gasteiger partial charge in [0.25, 0.3) is 5.91 Å². The summed E-state index contributed by atoms with van der Waals surface area (Å²) in [5.41, 5.74) is 2.78. The number of carboxylic acid groups (broad SMARTS) is 1. The van der Waals surface area contributed by atoms with Crippen LogP contribution in [0.4, 0.5) is 0 Å². The maximum absolute atomic E-state index is 12.9. The van der Waals surface area contributed by atoms with Crippen LogP contribution < -0.4 is 5.32 Å². The van der Waals surface area contributed by atoms with Gasteiger partial charge in [0.2, 0.25) is 0 Å². The summed E-state index contributed by atoms with van der Waals surface area (Å²) in [7, 11) is 0. The zero-order valence-corrected chi connectivity index (χ0v) is 22.4. The van der Waals surface area contributed by atoms with Gasteiger partial charge in [0.15, 0.2) is 0 Å². The Kier molecular flexibility index (Phi) is 9.53. The topological polar surface area (TPSA) is 96.4 Å². The fourth-order valence-corrected chi connectivity index (χ4v) is 5.59. The minimum atomic E-state index is -1.17. The van der Waals surface area contributed by atoms with Gasteiger partial charge in [0.1, 0.15) is 11.8 Å². The van der Waals surface area contributed by atoms with E-state index in [4.69, 9.17) is 23.2 Å². The largest absolute Gasteiger partial charge is 0.480 e. The fourth-order valence-electron chi connectivity index (χ4n) is 5.02. The number of aliphatic carboxylic acids is 1. The monoisotopic (exact) mass is 552 g/mol. The molecule has 0 bridgehead atoms. The molecule has 0 saturated heterocycles. The summed E-state index contributed by atoms with van der Waals surface area (Å²) in [5.74, 6) is -0.909. The number of nitrogens with zero attached hydrogens (tertiary/aromatic N) is 1. The lowest BCUT2D eigenvalue weighted by Gasteiger charge is -2.27. The number of ketones is 1. The molecule has 1 aromatic heterocycles. The molecule has 1 saturated carbocycles. The quantitative estimate of drug-likeness (QED) is 0.322. The van der Waals surface area contributed by atoms with Crippen LogP contribution in [0.2, 0.25) is 10.0 Å². The van der Waals surface area contributed by atoms with Gasteiger partial charge in [-0.2, -0.15) is 0 Å². The molecular formula is C30H30Cl2N2O4. The number of carboxylic acids is 1. The number of hydrogen-bond donors (Lipinski definition) is 2. The average molecular weight is 553 g/mol. The summed E-state index contributed by atoms with van der Waals surface area (Å²) in [4.78, 5) is 41.8. The van der Waals surface area contributed by atoms with E-state index in [0.717, 1.165) is 48.9 Å². The Bertz CT molecular complexity index is 1250. The van der Waals surface area contributed by atoms with E-state index in [0.29, 0.717) is 12.3 Å². The van der Waals surface area contributed by atoms with Crippen molar-refractivity contribution >= 4 is 40.9 Å². The van der Waals surface area contributed by atoms with Crippen molar-refractivity contribution in [1.82, 2.24) is 10.3 Å². The van der Waals surface area contributed by atoms with E-state index in [9.17, 15) is 19.5 Å². The van der Waals surface area contributed by atoms with Gasteiger partial charge in [-0.1, -0.05) is 59.6 Å². The summed E-state index contributed by atoms with van der Waals surface area (Å²) >= 11 is 12.2. The van der Waals surface area contributed by atoms with Gasteiger partial charge in [-0.05, 0) is 73.4 Å². The first-order chi connectivity index (χ1) is 18.3. The molecule has 2 aromatic carbocycles. The lowest BCUT2D eigenvalue weighted by Crippen LogP contribution is -2.42. The van der Waals surface area contributed by atoms with Gasteiger partial charge in [-0.15, -0.1) is 0 Å². The number of aromatic nitrogens is 1. The van der Waals surface area contributed by atoms with Gasteiger partial charge in [0, 0.05) is 30.7 Å². The maximum atomic E-state index is 12.9. The van der Waals surface area contributed by atoms with E-state index in [1.807, 2.05) is 30.5 Å². The van der Waals surface area contributed by atoms with Crippen LogP contribution in [0.1, 0.15) is 52.9 Å². The zero-order chi connectivity index (χ0) is 27.1. The first kappa shape index (κ1) is 27.8. The van der Waals surface area contributed by atoms with Crippen LogP contribution in [0.5, 0.6) is 0 Å². The van der Waals surface area contributed by atoms with E-state index in [1.165, 1.54) is 12.1 Å². The Morgan fingerprint density at radius 3 is 2.16 bits per heavy atom. The highest BCUT2D eigenvalue weighted by molar-refractivity contribution is 6.39. The van der Waals surface area contributed by atoms with Gasteiger partial charge in [0.05, 0.1) is 15.6 Å². The normalized spacial score (nSPS) is 17.9. The number of carbonyl (C=O) groups is 3. The van der Waals surface area contributed by atoms with Crippen molar-refractivity contribution in [2.45, 2.75) is 51.0 Å². The smallest absolute Gasteiger partial charge is 0.326 e. The molecule has 2 N–H and O–H groups in total. The molecule has 3 aromatic rings. The maximum Gasteiger partial charge on any atom is 0.326 e. The van der Waals surface area contributed by atoms with E-state index in [-0.39, 0.29) is 33.7 Å². The molecule has 0 aliphatic heterocycles. The van der Waals surface area contributed by atoms with Crippen molar-refractivity contribution in [2.75, 3.05) is 0 Å². The second-order valence-electron chi connectivity index (χ2n) is 9.87. The number of amides is 1. The summed E-state index contributed by atoms with van der Waals surface area (Å²) in [6.07, 6.45) is 7.11. The minimum absolute atomic E-state index is 0.0432. The summed E-state index contributed by atoms with van der Waals surface area (Å²) in [5, 5.41) is 12.5. The molecule has 0 radical (unpaired) electrons. The number of halogens is 2. The fraction of sp³-hybridized carbons (Fsp3) is 0.333. The number of nitrogens with one attached hydrogen (secondary N) is 1. The van der Waals surface area contributed by atoms with Gasteiger partial charge in [-0.25, -0.2) is 4.79 Å². The van der Waals surface area contributed by atoms with Gasteiger partial charge < -0.3 is 10.4 Å². The number of carbonyl (C=O) groups excluding carboxylic acids is 2. The lowest BCUT2D eigenvalue weighted by molar-refractivity contribution is -0.139. The van der Waals surface area contributed by atoms with Crippen LogP contribution in [-0.4, -0.2) is 33.8 Å². The van der Waals surface area contributed by atoms with Crippen molar-refractivity contribution in [2.24, 2.45) is 11.8 Å². The van der Waals surface area contributed by atoms with E-state index >= 15 is 0 Å². The van der Waals surface area contributed by atoms with Crippen LogP contribution in [0.25, 0.3) is 0 Å². The van der Waals surface area contributed by atoms with Crippen LogP contribution >= 0.6 is 23.2 Å². The molecule has 6 nitrogen and oxygen atoms in total. The molecule has 8 heteroatoms. The molecule has 1 fully saturated rings. The molecule has 198 valence electrons. The number of Topliss-reactive ketones (excluding diaryl/α,β-unsaturated/α-hetero) is 1. The van der Waals surface area contributed by atoms with Crippen LogP contribution in [0.15, 0.2) is 66.9 Å². The third-order valence-electron chi connectivity index (χ3n) is 7.16. The first-order valence-electron chi connectivity index (χ1n) is 12.8. The molecule has 4 rings (SSSR count). The molecule has 0 unspecified atom stereocenters. The summed E-state index contributed by atoms with van der Waals surface area (Å²) in [6, 6.07) is 16.8. The van der Waals surface area contributed by atoms with Crippen molar-refractivity contribution in [3.05, 3.63) is 99.3 Å². The lowest BCUT2D eigenvalue weighted by atomic mass is 9.77. The summed E-state index contributed by atoms with van der Waals surface area (Å²) < 4.78 is 0. The molecular weight excluding hydrogens is 523 g/mol. The Morgan fingerprint density at radius 2 is 1.55 bits per heavy atom. The SMILES string of the molecule is O=C(N[C@@H](Cc1ccc(CC(=O)C2CCC(Cc3ccccn3)CC2)cc1)C(=O)O)c1c(Cl)cccc1Cl. The van der Waals surface area contributed by atoms with Crippen LogP contribution in [-0.2, 0) is 28.9 Å². The third kappa shape index (κ3) is 7.42. The van der Waals surface area contributed by atoms with Crippen molar-refractivity contribution in [3.8, 4) is 0 Å². The first-order valence-corrected chi connectivity index (χ1v) is 13.5. The number of pyridine rings is 1. The number of hydrogen-bond acceptors (Lipinski definition) is 4. The highest BCUT2D eigenvalue weighted by atomic mass is 35.5. The Labute approximate surface area is 232 Å². The van der Waals surface area contributed by atoms with E-state index < -0.39 is 17.9 Å². The van der Waals surface area contributed by atoms with Gasteiger partial charge in [-0.3, -0.25) is 14.6 Å². The molecule has 1 aliphatic carbocycles. The predicted molar refractivity (Wildman–Crippen MR) is 148 cm³/mol. The Balaban J connectivity index is 1.29. The van der Waals surface area contributed by atoms with E-state index in [2.05, 4.69) is 16.4 Å². The highest BCUT2D eigenvalue weighted by Gasteiger charge is 2.27. The second-order valence-corrected chi connectivity index (χ2v) is 10.7. The molecule has 1 atom stereocenters. The molecule has 1 heterocycles. The van der Waals surface area contributed by atoms with Gasteiger partial charge >= 0.3 is 5.97 Å². The minimum Gasteiger partial charge on any atom is -0.480 e. The van der Waals surface area contributed by atoms with Crippen LogP contribution in [0, 0.1) is 11.8 Å². The highest BCUT2D eigenvalue weighted by Crippen LogP contribution is 2.32. The molecule has 1 aliphatic rings. The average Bonchev–Trinajstić information content (AvgIpc) is 2.90. The van der Waals surface area contributed by atoms with Crippen molar-refractivity contribution in [1.29, 1.82) is 0 Å². The summed E-state index contributed by atoms with van der Waals surface area (Å²) in [6.45, 7) is 0. The molecule has 0 spiro atoms. The predicted octanol–water partition coefficient (Wildman–Crippen LogP) is 5.97. The Morgan fingerprint density at radius 1 is 0.895 bits per heavy atom.